The van der Waals surface area contributed by atoms with Crippen LogP contribution in [-0.2, 0) is 9.59 Å². The highest BCUT2D eigenvalue weighted by molar-refractivity contribution is 5.76. The van der Waals surface area contributed by atoms with Gasteiger partial charge in [0.25, 0.3) is 0 Å². The number of aliphatic carboxylic acids is 1. The second-order valence-corrected chi connectivity index (χ2v) is 7.37. The molecule has 0 bridgehead atoms. The summed E-state index contributed by atoms with van der Waals surface area (Å²) < 4.78 is 0. The van der Waals surface area contributed by atoms with Crippen molar-refractivity contribution < 1.29 is 14.7 Å². The van der Waals surface area contributed by atoms with Crippen LogP contribution in [0, 0.1) is 23.2 Å². The van der Waals surface area contributed by atoms with Gasteiger partial charge in [-0.25, -0.2) is 0 Å². The van der Waals surface area contributed by atoms with E-state index < -0.39 is 5.97 Å². The molecule has 2 N–H and O–H groups in total. The minimum atomic E-state index is -0.798. The van der Waals surface area contributed by atoms with Crippen molar-refractivity contribution in [1.29, 1.82) is 0 Å². The molecular weight excluding hydrogens is 254 g/mol. The third kappa shape index (κ3) is 8.94. The van der Waals surface area contributed by atoms with Gasteiger partial charge in [0.15, 0.2) is 0 Å². The zero-order valence-electron chi connectivity index (χ0n) is 13.8. The summed E-state index contributed by atoms with van der Waals surface area (Å²) >= 11 is 0. The van der Waals surface area contributed by atoms with Crippen molar-refractivity contribution in [3.05, 3.63) is 0 Å². The first-order valence-electron chi connectivity index (χ1n) is 7.50. The molecule has 0 saturated heterocycles. The monoisotopic (exact) mass is 285 g/mol. The van der Waals surface area contributed by atoms with Crippen molar-refractivity contribution in [2.24, 2.45) is 23.2 Å². The normalized spacial score (nSPS) is 14.9. The number of carbonyl (C=O) groups excluding carboxylic acids is 1. The minimum absolute atomic E-state index is 0.0152. The van der Waals surface area contributed by atoms with Crippen molar-refractivity contribution in [2.45, 2.75) is 60.8 Å². The highest BCUT2D eigenvalue weighted by Crippen LogP contribution is 2.27. The first-order chi connectivity index (χ1) is 9.02. The highest BCUT2D eigenvalue weighted by atomic mass is 16.4. The van der Waals surface area contributed by atoms with Crippen molar-refractivity contribution in [1.82, 2.24) is 5.32 Å². The van der Waals surface area contributed by atoms with Crippen LogP contribution in [0.25, 0.3) is 0 Å². The molecule has 0 aliphatic heterocycles. The van der Waals surface area contributed by atoms with Gasteiger partial charge < -0.3 is 10.4 Å². The van der Waals surface area contributed by atoms with E-state index in [4.69, 9.17) is 5.11 Å². The molecule has 0 aliphatic carbocycles. The van der Waals surface area contributed by atoms with Crippen molar-refractivity contribution >= 4 is 11.9 Å². The lowest BCUT2D eigenvalue weighted by atomic mass is 9.80. The first-order valence-corrected chi connectivity index (χ1v) is 7.50. The van der Waals surface area contributed by atoms with Crippen LogP contribution in [0.3, 0.4) is 0 Å². The molecule has 0 aromatic carbocycles. The van der Waals surface area contributed by atoms with Gasteiger partial charge in [0, 0.05) is 19.4 Å². The maximum atomic E-state index is 11.9. The van der Waals surface area contributed by atoms with Crippen LogP contribution >= 0.6 is 0 Å². The van der Waals surface area contributed by atoms with Gasteiger partial charge in [-0.2, -0.15) is 0 Å². The zero-order valence-corrected chi connectivity index (χ0v) is 13.8. The lowest BCUT2D eigenvalue weighted by molar-refractivity contribution is -0.138. The Morgan fingerprint density at radius 2 is 1.65 bits per heavy atom. The van der Waals surface area contributed by atoms with E-state index in [1.54, 1.807) is 0 Å². The fourth-order valence-electron chi connectivity index (χ4n) is 2.07. The molecule has 118 valence electrons. The third-order valence-corrected chi connectivity index (χ3v) is 3.83. The van der Waals surface area contributed by atoms with Crippen LogP contribution in [0.15, 0.2) is 0 Å². The molecule has 1 unspecified atom stereocenters. The summed E-state index contributed by atoms with van der Waals surface area (Å²) in [5.74, 6) is -0.0313. The number of hydrogen-bond donors (Lipinski definition) is 2. The van der Waals surface area contributed by atoms with Crippen molar-refractivity contribution in [3.8, 4) is 0 Å². The quantitative estimate of drug-likeness (QED) is 0.719. The molecule has 0 saturated carbocycles. The Bertz CT molecular complexity index is 318. The SMILES string of the molecule is CC(C)C[C@H](CNC(=O)CC(C)C(C)(C)C)CC(=O)O. The van der Waals surface area contributed by atoms with Gasteiger partial charge in [-0.05, 0) is 29.6 Å². The van der Waals surface area contributed by atoms with Gasteiger partial charge >= 0.3 is 5.97 Å². The van der Waals surface area contributed by atoms with Crippen LogP contribution in [0.2, 0.25) is 0 Å². The number of carboxylic acid groups (broad SMARTS) is 1. The van der Waals surface area contributed by atoms with E-state index in [1.165, 1.54) is 0 Å². The van der Waals surface area contributed by atoms with E-state index in [0.29, 0.717) is 24.8 Å². The molecule has 0 rings (SSSR count). The van der Waals surface area contributed by atoms with Gasteiger partial charge in [-0.1, -0.05) is 41.5 Å². The standard InChI is InChI=1S/C16H31NO3/c1-11(2)7-13(9-15(19)20)10-17-14(18)8-12(3)16(4,5)6/h11-13H,7-10H2,1-6H3,(H,17,18)(H,19,20)/t12?,13-/m0/s1. The molecule has 2 atom stereocenters. The van der Waals surface area contributed by atoms with Gasteiger partial charge in [0.05, 0.1) is 0 Å². The first kappa shape index (κ1) is 18.9. The predicted octanol–water partition coefficient (Wildman–Crippen LogP) is 3.31. The second kappa shape index (κ2) is 8.28. The lowest BCUT2D eigenvalue weighted by Crippen LogP contribution is -2.33. The molecule has 0 fully saturated rings. The Morgan fingerprint density at radius 3 is 2.05 bits per heavy atom. The van der Waals surface area contributed by atoms with Gasteiger partial charge in [0.1, 0.15) is 0 Å². The summed E-state index contributed by atoms with van der Waals surface area (Å²) in [4.78, 5) is 22.8. The Morgan fingerprint density at radius 1 is 1.10 bits per heavy atom. The molecular formula is C16H31NO3. The molecule has 0 spiro atoms. The Kier molecular flexibility index (Phi) is 7.84. The van der Waals surface area contributed by atoms with Gasteiger partial charge in [-0.3, -0.25) is 9.59 Å². The number of rotatable bonds is 8. The van der Waals surface area contributed by atoms with Crippen LogP contribution in [0.5, 0.6) is 0 Å². The highest BCUT2D eigenvalue weighted by Gasteiger charge is 2.23. The maximum absolute atomic E-state index is 11.9. The Labute approximate surface area is 123 Å². The zero-order chi connectivity index (χ0) is 15.9. The summed E-state index contributed by atoms with van der Waals surface area (Å²) in [6, 6.07) is 0. The molecule has 4 nitrogen and oxygen atoms in total. The third-order valence-electron chi connectivity index (χ3n) is 3.83. The average Bonchev–Trinajstić information content (AvgIpc) is 2.22. The van der Waals surface area contributed by atoms with Crippen LogP contribution in [0.1, 0.15) is 60.8 Å². The van der Waals surface area contributed by atoms with E-state index >= 15 is 0 Å². The topological polar surface area (TPSA) is 66.4 Å². The number of hydrogen-bond acceptors (Lipinski definition) is 2. The predicted molar refractivity (Wildman–Crippen MR) is 81.4 cm³/mol. The number of carboxylic acids is 1. The van der Waals surface area contributed by atoms with Crippen molar-refractivity contribution in [3.63, 3.8) is 0 Å². The second-order valence-electron chi connectivity index (χ2n) is 7.37. The minimum Gasteiger partial charge on any atom is -0.481 e. The van der Waals surface area contributed by atoms with E-state index in [9.17, 15) is 9.59 Å². The van der Waals surface area contributed by atoms with Crippen LogP contribution in [-0.4, -0.2) is 23.5 Å². The molecule has 20 heavy (non-hydrogen) atoms. The molecule has 0 radical (unpaired) electrons. The Hall–Kier alpha value is -1.06. The molecule has 0 aromatic rings. The van der Waals surface area contributed by atoms with Crippen LogP contribution < -0.4 is 5.32 Å². The Balaban J connectivity index is 4.26. The van der Waals surface area contributed by atoms with Gasteiger partial charge in [0.2, 0.25) is 5.91 Å². The van der Waals surface area contributed by atoms with Crippen molar-refractivity contribution in [2.75, 3.05) is 6.54 Å². The number of amides is 1. The van der Waals surface area contributed by atoms with E-state index in [1.807, 2.05) is 0 Å². The smallest absolute Gasteiger partial charge is 0.303 e. The molecule has 0 heterocycles. The van der Waals surface area contributed by atoms with Crippen LogP contribution in [0.4, 0.5) is 0 Å². The van der Waals surface area contributed by atoms with E-state index in [-0.39, 0.29) is 23.7 Å². The fraction of sp³-hybridized carbons (Fsp3) is 0.875. The maximum Gasteiger partial charge on any atom is 0.303 e. The summed E-state index contributed by atoms with van der Waals surface area (Å²) in [6.07, 6.45) is 1.43. The number of nitrogens with one attached hydrogen (secondary N) is 1. The molecule has 1 amide bonds. The molecule has 0 aliphatic rings. The molecule has 4 heteroatoms. The van der Waals surface area contributed by atoms with Gasteiger partial charge in [-0.15, -0.1) is 0 Å². The summed E-state index contributed by atoms with van der Waals surface area (Å²) in [6.45, 7) is 13.0. The largest absolute Gasteiger partial charge is 0.481 e. The summed E-state index contributed by atoms with van der Waals surface area (Å²) in [7, 11) is 0. The molecule has 0 aromatic heterocycles. The fourth-order valence-corrected chi connectivity index (χ4v) is 2.07. The lowest BCUT2D eigenvalue weighted by Gasteiger charge is -2.27. The number of carbonyl (C=O) groups is 2. The van der Waals surface area contributed by atoms with E-state index in [0.717, 1.165) is 6.42 Å². The average molecular weight is 285 g/mol. The van der Waals surface area contributed by atoms with E-state index in [2.05, 4.69) is 46.9 Å². The summed E-state index contributed by atoms with van der Waals surface area (Å²) in [5.41, 5.74) is 0.107. The summed E-state index contributed by atoms with van der Waals surface area (Å²) in [5, 5.41) is 11.8.